The molecule has 10 heteroatoms. The standard InChI is InChI=1S/C18H20N6O3S/c1-10-15(17(27)24(23(10)3)12-7-5-4-6-8-12)22-16(26)11(2)28-18-20-13(19)9-14(25)21-18/h4-9,11H,1-3H3,(H,22,26)(H3,19,20,21,25)/t11-/m1/s1. The number of hydrogen-bond donors (Lipinski definition) is 3. The average Bonchev–Trinajstić information content (AvgIpc) is 2.85. The first-order valence-corrected chi connectivity index (χ1v) is 9.34. The number of aromatic nitrogens is 4. The first-order chi connectivity index (χ1) is 13.3. The van der Waals surface area contributed by atoms with E-state index in [0.717, 1.165) is 17.8 Å². The number of H-pyrrole nitrogens is 1. The maximum Gasteiger partial charge on any atom is 0.295 e. The van der Waals surface area contributed by atoms with Crippen LogP contribution < -0.4 is 22.2 Å². The van der Waals surface area contributed by atoms with Crippen LogP contribution in [-0.2, 0) is 11.8 Å². The van der Waals surface area contributed by atoms with Gasteiger partial charge >= 0.3 is 0 Å². The van der Waals surface area contributed by atoms with Crippen LogP contribution in [0.2, 0.25) is 0 Å². The number of para-hydroxylation sites is 1. The fraction of sp³-hybridized carbons (Fsp3) is 0.222. The van der Waals surface area contributed by atoms with Crippen LogP contribution in [0.5, 0.6) is 0 Å². The van der Waals surface area contributed by atoms with Crippen LogP contribution in [0.25, 0.3) is 5.69 Å². The summed E-state index contributed by atoms with van der Waals surface area (Å²) in [5.41, 5.74) is 6.36. The van der Waals surface area contributed by atoms with Gasteiger partial charge in [-0.15, -0.1) is 0 Å². The minimum atomic E-state index is -0.617. The van der Waals surface area contributed by atoms with Gasteiger partial charge in [-0.2, -0.15) is 0 Å². The maximum atomic E-state index is 12.9. The summed E-state index contributed by atoms with van der Waals surface area (Å²) in [6.45, 7) is 3.41. The van der Waals surface area contributed by atoms with Crippen molar-refractivity contribution in [2.45, 2.75) is 24.3 Å². The Kier molecular flexibility index (Phi) is 5.41. The molecule has 0 bridgehead atoms. The van der Waals surface area contributed by atoms with Crippen LogP contribution in [0, 0.1) is 6.92 Å². The van der Waals surface area contributed by atoms with Crippen molar-refractivity contribution in [2.75, 3.05) is 11.1 Å². The molecular weight excluding hydrogens is 380 g/mol. The van der Waals surface area contributed by atoms with Crippen molar-refractivity contribution >= 4 is 29.2 Å². The molecule has 1 atom stereocenters. The SMILES string of the molecule is Cc1c(NC(=O)[C@@H](C)Sc2nc(N)cc(=O)[nH]2)c(=O)n(-c2ccccc2)n1C. The Bertz CT molecular complexity index is 1130. The van der Waals surface area contributed by atoms with E-state index >= 15 is 0 Å². The second-order valence-electron chi connectivity index (χ2n) is 6.16. The number of aromatic amines is 1. The number of amides is 1. The molecule has 0 saturated heterocycles. The molecule has 0 saturated carbocycles. The molecule has 146 valence electrons. The molecule has 2 aromatic heterocycles. The second-order valence-corrected chi connectivity index (χ2v) is 7.49. The quantitative estimate of drug-likeness (QED) is 0.437. The Hall–Kier alpha value is -3.27. The van der Waals surface area contributed by atoms with Crippen LogP contribution in [-0.4, -0.2) is 30.5 Å². The molecule has 0 radical (unpaired) electrons. The summed E-state index contributed by atoms with van der Waals surface area (Å²) in [5, 5.41) is 2.31. The Morgan fingerprint density at radius 2 is 1.96 bits per heavy atom. The zero-order valence-corrected chi connectivity index (χ0v) is 16.4. The summed E-state index contributed by atoms with van der Waals surface area (Å²) in [6, 6.07) is 10.3. The number of nitrogens with two attached hydrogens (primary N) is 1. The summed E-state index contributed by atoms with van der Waals surface area (Å²) in [7, 11) is 1.75. The van der Waals surface area contributed by atoms with Crippen molar-refractivity contribution in [1.82, 2.24) is 19.3 Å². The van der Waals surface area contributed by atoms with E-state index in [1.165, 1.54) is 4.68 Å². The number of nitrogens with zero attached hydrogens (tertiary/aromatic N) is 3. The van der Waals surface area contributed by atoms with E-state index in [0.29, 0.717) is 11.4 Å². The van der Waals surface area contributed by atoms with Gasteiger partial charge in [-0.25, -0.2) is 9.67 Å². The molecule has 28 heavy (non-hydrogen) atoms. The number of carbonyl (C=O) groups excluding carboxylic acids is 1. The molecule has 0 aliphatic heterocycles. The van der Waals surface area contributed by atoms with E-state index in [1.54, 1.807) is 25.6 Å². The van der Waals surface area contributed by atoms with Gasteiger partial charge in [-0.1, -0.05) is 30.0 Å². The third-order valence-electron chi connectivity index (χ3n) is 4.20. The predicted octanol–water partition coefficient (Wildman–Crippen LogP) is 1.27. The number of rotatable bonds is 5. The maximum absolute atomic E-state index is 12.9. The molecule has 1 amide bonds. The zero-order chi connectivity index (χ0) is 20.4. The van der Waals surface area contributed by atoms with Gasteiger partial charge in [-0.3, -0.25) is 19.1 Å². The van der Waals surface area contributed by atoms with E-state index in [4.69, 9.17) is 5.73 Å². The van der Waals surface area contributed by atoms with Gasteiger partial charge in [0.25, 0.3) is 11.1 Å². The molecule has 0 aliphatic rings. The van der Waals surface area contributed by atoms with Crippen molar-refractivity contribution in [2.24, 2.45) is 7.05 Å². The van der Waals surface area contributed by atoms with Crippen molar-refractivity contribution in [3.05, 3.63) is 62.8 Å². The normalized spacial score (nSPS) is 12.0. The molecule has 3 rings (SSSR count). The minimum absolute atomic E-state index is 0.0727. The van der Waals surface area contributed by atoms with E-state index in [-0.39, 0.29) is 28.1 Å². The number of thioether (sulfide) groups is 1. The lowest BCUT2D eigenvalue weighted by Gasteiger charge is -2.10. The highest BCUT2D eigenvalue weighted by atomic mass is 32.2. The highest BCUT2D eigenvalue weighted by Crippen LogP contribution is 2.21. The second kappa shape index (κ2) is 7.77. The van der Waals surface area contributed by atoms with Gasteiger partial charge in [0.2, 0.25) is 5.91 Å². The lowest BCUT2D eigenvalue weighted by Crippen LogP contribution is -2.27. The molecule has 0 aliphatic carbocycles. The van der Waals surface area contributed by atoms with Crippen molar-refractivity contribution in [1.29, 1.82) is 0 Å². The van der Waals surface area contributed by atoms with Crippen LogP contribution in [0.15, 0.2) is 51.1 Å². The number of anilines is 2. The molecule has 0 fully saturated rings. The van der Waals surface area contributed by atoms with Crippen LogP contribution in [0.4, 0.5) is 11.5 Å². The summed E-state index contributed by atoms with van der Waals surface area (Å²) in [4.78, 5) is 43.5. The Labute approximate surface area is 164 Å². The smallest absolute Gasteiger partial charge is 0.295 e. The minimum Gasteiger partial charge on any atom is -0.383 e. The van der Waals surface area contributed by atoms with E-state index in [9.17, 15) is 14.4 Å². The van der Waals surface area contributed by atoms with Crippen molar-refractivity contribution in [3.63, 3.8) is 0 Å². The molecule has 0 unspecified atom stereocenters. The van der Waals surface area contributed by atoms with Gasteiger partial charge in [0.05, 0.1) is 16.6 Å². The molecule has 3 aromatic rings. The Balaban J connectivity index is 1.84. The fourth-order valence-corrected chi connectivity index (χ4v) is 3.49. The van der Waals surface area contributed by atoms with Crippen LogP contribution >= 0.6 is 11.8 Å². The highest BCUT2D eigenvalue weighted by Gasteiger charge is 2.22. The van der Waals surface area contributed by atoms with Crippen molar-refractivity contribution < 1.29 is 4.79 Å². The number of benzene rings is 1. The number of nitrogens with one attached hydrogen (secondary N) is 2. The molecule has 1 aromatic carbocycles. The zero-order valence-electron chi connectivity index (χ0n) is 15.6. The summed E-state index contributed by atoms with van der Waals surface area (Å²) >= 11 is 1.04. The molecule has 4 N–H and O–H groups in total. The van der Waals surface area contributed by atoms with E-state index in [1.807, 2.05) is 30.3 Å². The molecule has 0 spiro atoms. The number of hydrogen-bond acceptors (Lipinski definition) is 6. The monoisotopic (exact) mass is 400 g/mol. The topological polar surface area (TPSA) is 128 Å². The van der Waals surface area contributed by atoms with Gasteiger partial charge in [-0.05, 0) is 26.0 Å². The number of carbonyl (C=O) groups is 1. The summed E-state index contributed by atoms with van der Waals surface area (Å²) in [6.07, 6.45) is 0. The van der Waals surface area contributed by atoms with Crippen LogP contribution in [0.1, 0.15) is 12.6 Å². The van der Waals surface area contributed by atoms with Gasteiger partial charge in [0.1, 0.15) is 11.5 Å². The lowest BCUT2D eigenvalue weighted by atomic mass is 10.3. The Morgan fingerprint density at radius 3 is 2.61 bits per heavy atom. The average molecular weight is 400 g/mol. The molecule has 2 heterocycles. The van der Waals surface area contributed by atoms with Crippen LogP contribution in [0.3, 0.4) is 0 Å². The number of nitrogen functional groups attached to an aromatic ring is 1. The molecule has 9 nitrogen and oxygen atoms in total. The van der Waals surface area contributed by atoms with Gasteiger partial charge < -0.3 is 16.0 Å². The van der Waals surface area contributed by atoms with Gasteiger partial charge in [0, 0.05) is 13.1 Å². The predicted molar refractivity (Wildman–Crippen MR) is 109 cm³/mol. The highest BCUT2D eigenvalue weighted by molar-refractivity contribution is 8.00. The van der Waals surface area contributed by atoms with E-state index < -0.39 is 10.8 Å². The third kappa shape index (κ3) is 3.86. The van der Waals surface area contributed by atoms with E-state index in [2.05, 4.69) is 15.3 Å². The van der Waals surface area contributed by atoms with Gasteiger partial charge in [0.15, 0.2) is 5.16 Å². The Morgan fingerprint density at radius 1 is 1.29 bits per heavy atom. The first kappa shape index (κ1) is 19.5. The summed E-state index contributed by atoms with van der Waals surface area (Å²) < 4.78 is 3.17. The third-order valence-corrected chi connectivity index (χ3v) is 5.18. The largest absolute Gasteiger partial charge is 0.383 e. The lowest BCUT2D eigenvalue weighted by molar-refractivity contribution is -0.115. The fourth-order valence-electron chi connectivity index (χ4n) is 2.67. The van der Waals surface area contributed by atoms with Crippen molar-refractivity contribution in [3.8, 4) is 5.69 Å². The molecular formula is C18H20N6O3S. The summed E-state index contributed by atoms with van der Waals surface area (Å²) in [5.74, 6) is -0.315. The first-order valence-electron chi connectivity index (χ1n) is 8.46.